The third-order valence-electron chi connectivity index (χ3n) is 5.71. The van der Waals surface area contributed by atoms with Crippen LogP contribution in [0.5, 0.6) is 0 Å². The number of ether oxygens (including phenoxy) is 1. The fourth-order valence-corrected chi connectivity index (χ4v) is 4.40. The Kier molecular flexibility index (Phi) is 8.53. The summed E-state index contributed by atoms with van der Waals surface area (Å²) in [5.74, 6) is -3.02. The summed E-state index contributed by atoms with van der Waals surface area (Å²) in [5.41, 5.74) is 1.37. The monoisotopic (exact) mass is 466 g/mol. The molecule has 1 aliphatic heterocycles. The third kappa shape index (κ3) is 4.92. The zero-order chi connectivity index (χ0) is 19.7. The van der Waals surface area contributed by atoms with Crippen LogP contribution in [0.4, 0.5) is 17.6 Å². The lowest BCUT2D eigenvalue weighted by Gasteiger charge is -2.44. The molecule has 1 saturated heterocycles. The maximum atomic E-state index is 14.0. The van der Waals surface area contributed by atoms with Gasteiger partial charge in [0.15, 0.2) is 11.6 Å². The first-order chi connectivity index (χ1) is 13.5. The summed E-state index contributed by atoms with van der Waals surface area (Å²) in [6.07, 6.45) is 1.32. The van der Waals surface area contributed by atoms with Crippen molar-refractivity contribution < 1.29 is 22.3 Å². The van der Waals surface area contributed by atoms with Gasteiger partial charge in [-0.1, -0.05) is 0 Å². The Hall–Kier alpha value is -1.38. The summed E-state index contributed by atoms with van der Waals surface area (Å²) in [5, 5.41) is 3.29. The lowest BCUT2D eigenvalue weighted by molar-refractivity contribution is -0.0242. The van der Waals surface area contributed by atoms with Crippen LogP contribution in [0.2, 0.25) is 0 Å². The van der Waals surface area contributed by atoms with Gasteiger partial charge in [-0.25, -0.2) is 17.6 Å². The second kappa shape index (κ2) is 10.3. The maximum Gasteiger partial charge on any atom is 0.159 e. The normalized spacial score (nSPS) is 20.9. The van der Waals surface area contributed by atoms with Crippen molar-refractivity contribution in [2.24, 2.45) is 0 Å². The molecule has 1 N–H and O–H groups in total. The fraction of sp³-hybridized carbons (Fsp3) is 0.429. The summed E-state index contributed by atoms with van der Waals surface area (Å²) < 4.78 is 60.5. The Morgan fingerprint density at radius 1 is 0.900 bits per heavy atom. The number of aryl methyl sites for hydroxylation is 1. The molecule has 0 saturated carbocycles. The van der Waals surface area contributed by atoms with E-state index in [-0.39, 0.29) is 38.0 Å². The van der Waals surface area contributed by atoms with Crippen LogP contribution in [0.15, 0.2) is 30.3 Å². The minimum atomic E-state index is -0.868. The number of nitrogens with zero attached hydrogens (tertiary/aromatic N) is 1. The van der Waals surface area contributed by atoms with Gasteiger partial charge in [0.1, 0.15) is 11.6 Å². The largest absolute Gasteiger partial charge is 0.374 e. The topological polar surface area (TPSA) is 24.5 Å². The van der Waals surface area contributed by atoms with Crippen LogP contribution < -0.4 is 5.32 Å². The highest BCUT2D eigenvalue weighted by atomic mass is 35.5. The zero-order valence-electron chi connectivity index (χ0n) is 16.2. The first-order valence-corrected chi connectivity index (χ1v) is 9.45. The number of rotatable bonds is 5. The molecule has 1 aliphatic carbocycles. The standard InChI is InChI=1S/C21H22F4N2O.2ClH/c22-16-7-14(8-17(23)10-16)12-28-13-21(27-5-3-26-4-6-27)2-1-15-9-19(24)20(25)11-18(15)21;;/h7-11,26H,1-6,12-13H2;2*1H/t21-;;/m0../s1. The predicted molar refractivity (Wildman–Crippen MR) is 111 cm³/mol. The van der Waals surface area contributed by atoms with E-state index in [4.69, 9.17) is 4.74 Å². The van der Waals surface area contributed by atoms with E-state index in [1.54, 1.807) is 0 Å². The Morgan fingerprint density at radius 2 is 1.53 bits per heavy atom. The fourth-order valence-electron chi connectivity index (χ4n) is 4.40. The highest BCUT2D eigenvalue weighted by molar-refractivity contribution is 5.85. The maximum absolute atomic E-state index is 14.0. The second-order valence-corrected chi connectivity index (χ2v) is 7.46. The average molecular weight is 467 g/mol. The average Bonchev–Trinajstić information content (AvgIpc) is 3.01. The summed E-state index contributed by atoms with van der Waals surface area (Å²) in [4.78, 5) is 2.25. The minimum absolute atomic E-state index is 0. The molecule has 2 aromatic carbocycles. The molecule has 1 heterocycles. The van der Waals surface area contributed by atoms with Crippen LogP contribution in [-0.4, -0.2) is 37.7 Å². The number of hydrogen-bond donors (Lipinski definition) is 1. The van der Waals surface area contributed by atoms with E-state index in [2.05, 4.69) is 10.2 Å². The van der Waals surface area contributed by atoms with Gasteiger partial charge in [0.05, 0.1) is 18.8 Å². The number of halogens is 6. The summed E-state index contributed by atoms with van der Waals surface area (Å²) in [6.45, 7) is 3.41. The molecular weight excluding hydrogens is 443 g/mol. The van der Waals surface area contributed by atoms with E-state index >= 15 is 0 Å². The van der Waals surface area contributed by atoms with Crippen molar-refractivity contribution in [3.63, 3.8) is 0 Å². The number of nitrogens with one attached hydrogen (secondary N) is 1. The first-order valence-electron chi connectivity index (χ1n) is 9.45. The van der Waals surface area contributed by atoms with Gasteiger partial charge < -0.3 is 10.1 Å². The van der Waals surface area contributed by atoms with Crippen molar-refractivity contribution in [2.75, 3.05) is 32.8 Å². The van der Waals surface area contributed by atoms with Crippen LogP contribution in [0, 0.1) is 23.3 Å². The van der Waals surface area contributed by atoms with Gasteiger partial charge in [-0.2, -0.15) is 0 Å². The van der Waals surface area contributed by atoms with Crippen LogP contribution >= 0.6 is 24.8 Å². The molecule has 2 aliphatic rings. The first kappa shape index (κ1) is 24.9. The Balaban J connectivity index is 0.00000160. The van der Waals surface area contributed by atoms with Crippen molar-refractivity contribution in [1.29, 1.82) is 0 Å². The van der Waals surface area contributed by atoms with E-state index in [1.165, 1.54) is 24.3 Å². The van der Waals surface area contributed by atoms with Gasteiger partial charge >= 0.3 is 0 Å². The van der Waals surface area contributed by atoms with E-state index in [1.807, 2.05) is 0 Å². The van der Waals surface area contributed by atoms with Crippen molar-refractivity contribution in [3.8, 4) is 0 Å². The molecular formula is C21H24Cl2F4N2O. The molecule has 0 amide bonds. The third-order valence-corrected chi connectivity index (χ3v) is 5.71. The van der Waals surface area contributed by atoms with Gasteiger partial charge in [-0.05, 0) is 53.8 Å². The van der Waals surface area contributed by atoms with Crippen molar-refractivity contribution in [2.45, 2.75) is 25.0 Å². The number of benzene rings is 2. The van der Waals surface area contributed by atoms with Crippen LogP contribution in [0.3, 0.4) is 0 Å². The zero-order valence-corrected chi connectivity index (χ0v) is 17.9. The molecule has 9 heteroatoms. The predicted octanol–water partition coefficient (Wildman–Crippen LogP) is 4.35. The molecule has 0 unspecified atom stereocenters. The van der Waals surface area contributed by atoms with Gasteiger partial charge in [0, 0.05) is 32.2 Å². The number of fused-ring (bicyclic) bond motifs is 1. The molecule has 4 rings (SSSR count). The molecule has 166 valence electrons. The molecule has 2 aromatic rings. The summed E-state index contributed by atoms with van der Waals surface area (Å²) in [6, 6.07) is 5.84. The highest BCUT2D eigenvalue weighted by Crippen LogP contribution is 2.43. The summed E-state index contributed by atoms with van der Waals surface area (Å²) >= 11 is 0. The Bertz CT molecular complexity index is 860. The lowest BCUT2D eigenvalue weighted by atomic mass is 9.89. The van der Waals surface area contributed by atoms with Crippen molar-refractivity contribution in [3.05, 3.63) is 70.3 Å². The number of hydrogen-bond acceptors (Lipinski definition) is 3. The van der Waals surface area contributed by atoms with E-state index in [0.29, 0.717) is 18.4 Å². The molecule has 0 bridgehead atoms. The van der Waals surface area contributed by atoms with Gasteiger partial charge in [-0.15, -0.1) is 24.8 Å². The molecule has 1 fully saturated rings. The van der Waals surface area contributed by atoms with Gasteiger partial charge in [0.2, 0.25) is 0 Å². The smallest absolute Gasteiger partial charge is 0.159 e. The van der Waals surface area contributed by atoms with Crippen LogP contribution in [-0.2, 0) is 23.3 Å². The quantitative estimate of drug-likeness (QED) is 0.662. The van der Waals surface area contributed by atoms with E-state index in [9.17, 15) is 17.6 Å². The highest BCUT2D eigenvalue weighted by Gasteiger charge is 2.45. The minimum Gasteiger partial charge on any atom is -0.374 e. The van der Waals surface area contributed by atoms with Crippen molar-refractivity contribution >= 4 is 24.8 Å². The van der Waals surface area contributed by atoms with Crippen molar-refractivity contribution in [1.82, 2.24) is 10.2 Å². The molecule has 3 nitrogen and oxygen atoms in total. The molecule has 30 heavy (non-hydrogen) atoms. The lowest BCUT2D eigenvalue weighted by Crippen LogP contribution is -2.55. The van der Waals surface area contributed by atoms with E-state index in [0.717, 1.165) is 43.4 Å². The van der Waals surface area contributed by atoms with Gasteiger partial charge in [-0.3, -0.25) is 4.90 Å². The van der Waals surface area contributed by atoms with E-state index < -0.39 is 28.8 Å². The Morgan fingerprint density at radius 3 is 2.20 bits per heavy atom. The molecule has 0 radical (unpaired) electrons. The summed E-state index contributed by atoms with van der Waals surface area (Å²) in [7, 11) is 0. The Labute approximate surface area is 185 Å². The SMILES string of the molecule is Cl.Cl.Fc1cc(F)cc(COC[C@@]2(N3CCNCC3)CCc3cc(F)c(F)cc32)c1. The van der Waals surface area contributed by atoms with Crippen LogP contribution in [0.1, 0.15) is 23.1 Å². The molecule has 0 spiro atoms. The second-order valence-electron chi connectivity index (χ2n) is 7.46. The molecule has 0 aromatic heterocycles. The van der Waals surface area contributed by atoms with Gasteiger partial charge in [0.25, 0.3) is 0 Å². The number of piperazine rings is 1. The van der Waals surface area contributed by atoms with Crippen LogP contribution in [0.25, 0.3) is 0 Å². The molecule has 1 atom stereocenters.